The van der Waals surface area contributed by atoms with E-state index in [-0.39, 0.29) is 24.4 Å². The van der Waals surface area contributed by atoms with Crippen LogP contribution < -0.4 is 15.0 Å². The molecule has 41 heavy (non-hydrogen) atoms. The topological polar surface area (TPSA) is 85.4 Å². The average Bonchev–Trinajstić information content (AvgIpc) is 3.25. The van der Waals surface area contributed by atoms with Gasteiger partial charge in [-0.25, -0.2) is 4.79 Å². The molecule has 0 radical (unpaired) electrons. The fourth-order valence-electron chi connectivity index (χ4n) is 5.68. The van der Waals surface area contributed by atoms with Crippen molar-refractivity contribution < 1.29 is 19.1 Å². The normalized spacial score (nSPS) is 16.1. The number of benzene rings is 3. The number of amides is 4. The third-order valence-corrected chi connectivity index (χ3v) is 7.90. The van der Waals surface area contributed by atoms with Gasteiger partial charge in [-0.2, -0.15) is 0 Å². The molecule has 3 aromatic carbocycles. The van der Waals surface area contributed by atoms with Crippen LogP contribution in [-0.2, 0) is 16.1 Å². The summed E-state index contributed by atoms with van der Waals surface area (Å²) < 4.78 is 5.65. The van der Waals surface area contributed by atoms with Gasteiger partial charge in [-0.3, -0.25) is 9.59 Å². The number of rotatable bonds is 8. The minimum Gasteiger partial charge on any atom is -0.492 e. The number of carbonyl (C=O) groups excluding carboxylic acids is 3. The second-order valence-electron chi connectivity index (χ2n) is 10.5. The molecule has 1 spiro atoms. The number of carbonyl (C=O) groups is 3. The van der Waals surface area contributed by atoms with Gasteiger partial charge in [0.25, 0.3) is 5.91 Å². The van der Waals surface area contributed by atoms with Crippen LogP contribution in [-0.4, -0.2) is 78.0 Å². The number of para-hydroxylation sites is 3. The van der Waals surface area contributed by atoms with E-state index in [1.165, 1.54) is 0 Å². The van der Waals surface area contributed by atoms with Crippen LogP contribution in [0.5, 0.6) is 5.75 Å². The molecule has 214 valence electrons. The number of ether oxygens (including phenoxy) is 1. The van der Waals surface area contributed by atoms with Crippen LogP contribution in [0.3, 0.4) is 0 Å². The molecule has 2 fully saturated rings. The Balaban J connectivity index is 1.29. The molecule has 2 aliphatic rings. The Morgan fingerprint density at radius 1 is 0.927 bits per heavy atom. The van der Waals surface area contributed by atoms with Crippen LogP contribution in [0.25, 0.3) is 0 Å². The largest absolute Gasteiger partial charge is 0.492 e. The van der Waals surface area contributed by atoms with E-state index in [9.17, 15) is 14.4 Å². The van der Waals surface area contributed by atoms with Crippen LogP contribution in [0.1, 0.15) is 25.3 Å². The van der Waals surface area contributed by atoms with Gasteiger partial charge < -0.3 is 29.7 Å². The first-order valence-electron chi connectivity index (χ1n) is 14.1. The van der Waals surface area contributed by atoms with Gasteiger partial charge in [-0.05, 0) is 49.6 Å². The smallest absolute Gasteiger partial charge is 0.321 e. The summed E-state index contributed by atoms with van der Waals surface area (Å²) in [7, 11) is 1.77. The van der Waals surface area contributed by atoms with E-state index in [0.717, 1.165) is 11.3 Å². The van der Waals surface area contributed by atoms with Crippen LogP contribution >= 0.6 is 0 Å². The SMILES string of the molecule is CCOc1ccccc1NC(=O)N1CCC2(CC1)C(=O)N(CC(=O)N(C)Cc1ccccc1)CN2c1ccccc1. The maximum absolute atomic E-state index is 14.0. The summed E-state index contributed by atoms with van der Waals surface area (Å²) in [6, 6.07) is 26.8. The van der Waals surface area contributed by atoms with Crippen LogP contribution in [0, 0.1) is 0 Å². The Hall–Kier alpha value is -4.53. The standard InChI is InChI=1S/C32H37N5O4/c1-3-41-28-17-11-10-16-27(28)33-31(40)35-20-18-32(19-21-35)30(39)36(24-37(32)26-14-8-5-9-15-26)23-29(38)34(2)22-25-12-6-4-7-13-25/h4-17H,3,18-24H2,1-2H3,(H,33,40). The van der Waals surface area contributed by atoms with Crippen molar-refractivity contribution in [2.75, 3.05) is 50.2 Å². The quantitative estimate of drug-likeness (QED) is 0.445. The number of piperidine rings is 1. The summed E-state index contributed by atoms with van der Waals surface area (Å²) in [5.41, 5.74) is 1.76. The number of likely N-dealkylation sites (N-methyl/N-ethyl adjacent to an activating group) is 1. The van der Waals surface area contributed by atoms with Gasteiger partial charge >= 0.3 is 6.03 Å². The van der Waals surface area contributed by atoms with E-state index in [1.54, 1.807) is 21.7 Å². The number of likely N-dealkylation sites (tertiary alicyclic amines) is 1. The Morgan fingerprint density at radius 3 is 2.24 bits per heavy atom. The van der Waals surface area contributed by atoms with E-state index in [0.29, 0.717) is 57.2 Å². The van der Waals surface area contributed by atoms with Gasteiger partial charge in [0.2, 0.25) is 5.91 Å². The van der Waals surface area contributed by atoms with E-state index < -0.39 is 5.54 Å². The average molecular weight is 556 g/mol. The molecule has 1 N–H and O–H groups in total. The molecule has 2 heterocycles. The molecular formula is C32H37N5O4. The molecule has 0 unspecified atom stereocenters. The van der Waals surface area contributed by atoms with Crippen molar-refractivity contribution in [1.82, 2.24) is 14.7 Å². The monoisotopic (exact) mass is 555 g/mol. The summed E-state index contributed by atoms with van der Waals surface area (Å²) in [5, 5.41) is 2.97. The van der Waals surface area contributed by atoms with E-state index >= 15 is 0 Å². The zero-order chi connectivity index (χ0) is 28.8. The minimum atomic E-state index is -0.820. The lowest BCUT2D eigenvalue weighted by atomic mass is 9.85. The first-order valence-corrected chi connectivity index (χ1v) is 14.1. The number of urea groups is 1. The minimum absolute atomic E-state index is 0.00562. The number of hydrogen-bond acceptors (Lipinski definition) is 5. The highest BCUT2D eigenvalue weighted by molar-refractivity contribution is 5.97. The highest BCUT2D eigenvalue weighted by atomic mass is 16.5. The van der Waals surface area contributed by atoms with Crippen molar-refractivity contribution in [3.8, 4) is 5.75 Å². The van der Waals surface area contributed by atoms with Crippen LogP contribution in [0.15, 0.2) is 84.9 Å². The van der Waals surface area contributed by atoms with E-state index in [2.05, 4.69) is 10.2 Å². The summed E-state index contributed by atoms with van der Waals surface area (Å²) >= 11 is 0. The fourth-order valence-corrected chi connectivity index (χ4v) is 5.68. The fraction of sp³-hybridized carbons (Fsp3) is 0.344. The Bertz CT molecular complexity index is 1360. The zero-order valence-electron chi connectivity index (χ0n) is 23.7. The van der Waals surface area contributed by atoms with Gasteiger partial charge in [0.15, 0.2) is 0 Å². The molecule has 0 saturated carbocycles. The van der Waals surface area contributed by atoms with Gasteiger partial charge in [-0.1, -0.05) is 60.7 Å². The Labute approximate surface area is 241 Å². The lowest BCUT2D eigenvalue weighted by molar-refractivity contribution is -0.140. The Morgan fingerprint density at radius 2 is 1.56 bits per heavy atom. The van der Waals surface area contributed by atoms with Gasteiger partial charge in [0, 0.05) is 32.4 Å². The molecule has 9 nitrogen and oxygen atoms in total. The second-order valence-corrected chi connectivity index (χ2v) is 10.5. The maximum Gasteiger partial charge on any atom is 0.321 e. The zero-order valence-corrected chi connectivity index (χ0v) is 23.7. The molecule has 2 aliphatic heterocycles. The van der Waals surface area contributed by atoms with E-state index in [4.69, 9.17) is 4.74 Å². The predicted molar refractivity (Wildman–Crippen MR) is 159 cm³/mol. The highest BCUT2D eigenvalue weighted by Gasteiger charge is 2.54. The lowest BCUT2D eigenvalue weighted by Crippen LogP contribution is -2.58. The number of hydrogen-bond donors (Lipinski definition) is 1. The lowest BCUT2D eigenvalue weighted by Gasteiger charge is -2.43. The maximum atomic E-state index is 14.0. The molecule has 9 heteroatoms. The third kappa shape index (κ3) is 5.99. The van der Waals surface area contributed by atoms with Crippen molar-refractivity contribution in [1.29, 1.82) is 0 Å². The molecular weight excluding hydrogens is 518 g/mol. The van der Waals surface area contributed by atoms with E-state index in [1.807, 2.05) is 91.9 Å². The summed E-state index contributed by atoms with van der Waals surface area (Å²) in [4.78, 5) is 47.6. The van der Waals surface area contributed by atoms with Crippen molar-refractivity contribution >= 4 is 29.2 Å². The molecule has 2 saturated heterocycles. The first kappa shape index (κ1) is 28.0. The first-order chi connectivity index (χ1) is 19.9. The van der Waals surface area contributed by atoms with Crippen molar-refractivity contribution in [2.45, 2.75) is 31.8 Å². The van der Waals surface area contributed by atoms with Gasteiger partial charge in [0.1, 0.15) is 17.8 Å². The van der Waals surface area contributed by atoms with Crippen molar-refractivity contribution in [3.05, 3.63) is 90.5 Å². The van der Waals surface area contributed by atoms with Crippen molar-refractivity contribution in [2.24, 2.45) is 0 Å². The highest BCUT2D eigenvalue weighted by Crippen LogP contribution is 2.39. The molecule has 0 aromatic heterocycles. The molecule has 4 amide bonds. The molecule has 5 rings (SSSR count). The van der Waals surface area contributed by atoms with Gasteiger partial charge in [0.05, 0.1) is 19.0 Å². The predicted octanol–water partition coefficient (Wildman–Crippen LogP) is 4.42. The molecule has 0 atom stereocenters. The van der Waals surface area contributed by atoms with Crippen LogP contribution in [0.2, 0.25) is 0 Å². The van der Waals surface area contributed by atoms with Crippen molar-refractivity contribution in [3.63, 3.8) is 0 Å². The second kappa shape index (κ2) is 12.3. The molecule has 0 aliphatic carbocycles. The number of nitrogens with one attached hydrogen (secondary N) is 1. The van der Waals surface area contributed by atoms with Crippen LogP contribution in [0.4, 0.5) is 16.2 Å². The summed E-state index contributed by atoms with van der Waals surface area (Å²) in [6.07, 6.45) is 0.928. The third-order valence-electron chi connectivity index (χ3n) is 7.90. The number of anilines is 2. The number of nitrogens with zero attached hydrogens (tertiary/aromatic N) is 4. The summed E-state index contributed by atoms with van der Waals surface area (Å²) in [6.45, 7) is 4.02. The molecule has 0 bridgehead atoms. The van der Waals surface area contributed by atoms with Gasteiger partial charge in [-0.15, -0.1) is 0 Å². The Kier molecular flexibility index (Phi) is 8.42. The molecule has 3 aromatic rings. The summed E-state index contributed by atoms with van der Waals surface area (Å²) in [5.74, 6) is 0.442.